The van der Waals surface area contributed by atoms with Crippen molar-refractivity contribution in [3.05, 3.63) is 0 Å². The molecule has 2 aliphatic rings. The maximum atomic E-state index is 3.50. The Morgan fingerprint density at radius 2 is 1.87 bits per heavy atom. The summed E-state index contributed by atoms with van der Waals surface area (Å²) in [5.74, 6) is 2.39. The normalized spacial score (nSPS) is 25.4. The summed E-state index contributed by atoms with van der Waals surface area (Å²) in [5, 5.41) is 4.49. The largest absolute Gasteiger partial charge is 0.316 e. The first-order chi connectivity index (χ1) is 7.38. The lowest BCUT2D eigenvalue weighted by molar-refractivity contribution is 0.272. The van der Waals surface area contributed by atoms with Crippen molar-refractivity contribution in [3.8, 4) is 0 Å². The number of rotatable bonds is 6. The minimum atomic E-state index is 0.779. The molecule has 0 aromatic rings. The maximum Gasteiger partial charge on any atom is 0.0157 e. The smallest absolute Gasteiger partial charge is 0.0157 e. The molecule has 2 aliphatic carbocycles. The first-order valence-corrected chi connectivity index (χ1v) is 7.72. The lowest BCUT2D eigenvalue weighted by Gasteiger charge is -2.29. The average molecular weight is 227 g/mol. The molecule has 0 aliphatic heterocycles. The maximum absolute atomic E-state index is 3.50. The van der Waals surface area contributed by atoms with Crippen LogP contribution in [0.2, 0.25) is 0 Å². The Hall–Kier alpha value is 0.310. The average Bonchev–Trinajstić information content (AvgIpc) is 2.68. The van der Waals surface area contributed by atoms with Crippen LogP contribution in [0.4, 0.5) is 0 Å². The Bertz CT molecular complexity index is 173. The summed E-state index contributed by atoms with van der Waals surface area (Å²) in [6.07, 6.45) is 11.8. The second-order valence-electron chi connectivity index (χ2n) is 5.26. The van der Waals surface area contributed by atoms with Gasteiger partial charge in [-0.15, -0.1) is 0 Å². The third kappa shape index (κ3) is 3.67. The molecule has 0 heterocycles. The molecule has 2 saturated carbocycles. The van der Waals surface area contributed by atoms with Crippen LogP contribution in [-0.2, 0) is 0 Å². The third-order valence-electron chi connectivity index (χ3n) is 4.09. The van der Waals surface area contributed by atoms with Gasteiger partial charge in [0.05, 0.1) is 0 Å². The number of hydrogen-bond acceptors (Lipinski definition) is 2. The molecule has 0 aromatic heterocycles. The number of hydrogen-bond donors (Lipinski definition) is 1. The lowest BCUT2D eigenvalue weighted by atomic mass is 9.81. The van der Waals surface area contributed by atoms with Crippen LogP contribution in [-0.4, -0.2) is 24.1 Å². The van der Waals surface area contributed by atoms with E-state index in [0.29, 0.717) is 0 Å². The van der Waals surface area contributed by atoms with E-state index >= 15 is 0 Å². The molecule has 0 aromatic carbocycles. The Balaban J connectivity index is 1.60. The van der Waals surface area contributed by atoms with Crippen molar-refractivity contribution >= 4 is 11.8 Å². The van der Waals surface area contributed by atoms with Gasteiger partial charge < -0.3 is 5.32 Å². The Morgan fingerprint density at radius 3 is 2.40 bits per heavy atom. The van der Waals surface area contributed by atoms with Crippen LogP contribution in [0.25, 0.3) is 0 Å². The fourth-order valence-corrected chi connectivity index (χ4v) is 4.18. The fourth-order valence-electron chi connectivity index (χ4n) is 2.71. The molecule has 2 heteroatoms. The quantitative estimate of drug-likeness (QED) is 0.746. The molecule has 0 spiro atoms. The van der Waals surface area contributed by atoms with E-state index < -0.39 is 0 Å². The molecule has 0 amide bonds. The summed E-state index contributed by atoms with van der Waals surface area (Å²) in [6, 6.07) is 0.779. The van der Waals surface area contributed by atoms with E-state index in [4.69, 9.17) is 0 Å². The van der Waals surface area contributed by atoms with E-state index in [-0.39, 0.29) is 0 Å². The van der Waals surface area contributed by atoms with Crippen molar-refractivity contribution in [2.24, 2.45) is 5.92 Å². The molecule has 1 nitrogen and oxygen atoms in total. The highest BCUT2D eigenvalue weighted by Gasteiger charge is 2.22. The van der Waals surface area contributed by atoms with Gasteiger partial charge >= 0.3 is 0 Å². The van der Waals surface area contributed by atoms with E-state index in [2.05, 4.69) is 24.1 Å². The Morgan fingerprint density at radius 1 is 1.13 bits per heavy atom. The van der Waals surface area contributed by atoms with Gasteiger partial charge in [0, 0.05) is 17.0 Å². The van der Waals surface area contributed by atoms with Crippen LogP contribution >= 0.6 is 11.8 Å². The van der Waals surface area contributed by atoms with Gasteiger partial charge in [0.1, 0.15) is 0 Å². The van der Waals surface area contributed by atoms with Crippen molar-refractivity contribution in [1.29, 1.82) is 0 Å². The Labute approximate surface area is 98.8 Å². The van der Waals surface area contributed by atoms with E-state index in [1.165, 1.54) is 57.1 Å². The van der Waals surface area contributed by atoms with Crippen LogP contribution in [0.3, 0.4) is 0 Å². The van der Waals surface area contributed by atoms with Gasteiger partial charge in [-0.05, 0) is 32.2 Å². The summed E-state index contributed by atoms with van der Waals surface area (Å²) >= 11 is 2.23. The minimum Gasteiger partial charge on any atom is -0.316 e. The molecule has 1 atom stereocenters. The molecule has 0 bridgehead atoms. The topological polar surface area (TPSA) is 12.0 Å². The van der Waals surface area contributed by atoms with Gasteiger partial charge in [-0.25, -0.2) is 0 Å². The number of thioether (sulfide) groups is 1. The molecule has 0 saturated heterocycles. The lowest BCUT2D eigenvalue weighted by Crippen LogP contribution is -2.32. The third-order valence-corrected chi connectivity index (χ3v) is 5.62. The highest BCUT2D eigenvalue weighted by atomic mass is 32.2. The predicted molar refractivity (Wildman–Crippen MR) is 69.5 cm³/mol. The monoisotopic (exact) mass is 227 g/mol. The van der Waals surface area contributed by atoms with E-state index in [9.17, 15) is 0 Å². The molecule has 0 radical (unpaired) electrons. The van der Waals surface area contributed by atoms with Gasteiger partial charge in [-0.3, -0.25) is 0 Å². The zero-order valence-corrected chi connectivity index (χ0v) is 10.8. The van der Waals surface area contributed by atoms with Crippen molar-refractivity contribution in [1.82, 2.24) is 5.32 Å². The summed E-state index contributed by atoms with van der Waals surface area (Å²) in [6.45, 7) is 0. The van der Waals surface area contributed by atoms with Gasteiger partial charge in [0.15, 0.2) is 0 Å². The second kappa shape index (κ2) is 6.15. The summed E-state index contributed by atoms with van der Waals surface area (Å²) in [7, 11) is 2.14. The van der Waals surface area contributed by atoms with Crippen LogP contribution in [0.5, 0.6) is 0 Å². The van der Waals surface area contributed by atoms with Gasteiger partial charge in [-0.2, -0.15) is 11.8 Å². The second-order valence-corrected chi connectivity index (χ2v) is 6.59. The van der Waals surface area contributed by atoms with Crippen LogP contribution in [0, 0.1) is 5.92 Å². The van der Waals surface area contributed by atoms with Crippen LogP contribution < -0.4 is 5.32 Å². The van der Waals surface area contributed by atoms with Gasteiger partial charge in [-0.1, -0.05) is 32.1 Å². The molecule has 1 unspecified atom stereocenters. The molecular weight excluding hydrogens is 202 g/mol. The van der Waals surface area contributed by atoms with Gasteiger partial charge in [0.2, 0.25) is 0 Å². The minimum absolute atomic E-state index is 0.779. The molecule has 2 fully saturated rings. The molecule has 15 heavy (non-hydrogen) atoms. The standard InChI is InChI=1S/C13H25NS/c1-14-12(9-11-5-4-6-11)10-15-13-7-2-3-8-13/h11-14H,2-10H2,1H3. The summed E-state index contributed by atoms with van der Waals surface area (Å²) in [5.41, 5.74) is 0. The van der Waals surface area contributed by atoms with Crippen LogP contribution in [0.1, 0.15) is 51.4 Å². The fraction of sp³-hybridized carbons (Fsp3) is 1.00. The molecule has 1 N–H and O–H groups in total. The summed E-state index contributed by atoms with van der Waals surface area (Å²) in [4.78, 5) is 0. The Kier molecular flexibility index (Phi) is 4.83. The van der Waals surface area contributed by atoms with Crippen molar-refractivity contribution in [3.63, 3.8) is 0 Å². The van der Waals surface area contributed by atoms with Crippen molar-refractivity contribution < 1.29 is 0 Å². The summed E-state index contributed by atoms with van der Waals surface area (Å²) < 4.78 is 0. The van der Waals surface area contributed by atoms with E-state index in [1.54, 1.807) is 0 Å². The van der Waals surface area contributed by atoms with Crippen molar-refractivity contribution in [2.75, 3.05) is 12.8 Å². The SMILES string of the molecule is CNC(CSC1CCCC1)CC1CCC1. The van der Waals surface area contributed by atoms with Crippen molar-refractivity contribution in [2.45, 2.75) is 62.7 Å². The highest BCUT2D eigenvalue weighted by molar-refractivity contribution is 7.99. The predicted octanol–water partition coefficient (Wildman–Crippen LogP) is 3.44. The van der Waals surface area contributed by atoms with Gasteiger partial charge in [0.25, 0.3) is 0 Å². The molecule has 2 rings (SSSR count). The first-order valence-electron chi connectivity index (χ1n) is 6.67. The van der Waals surface area contributed by atoms with Crippen LogP contribution in [0.15, 0.2) is 0 Å². The molecular formula is C13H25NS. The zero-order valence-electron chi connectivity index (χ0n) is 10.0. The highest BCUT2D eigenvalue weighted by Crippen LogP contribution is 2.33. The number of nitrogens with one attached hydrogen (secondary N) is 1. The van der Waals surface area contributed by atoms with E-state index in [1.807, 2.05) is 0 Å². The molecule has 88 valence electrons. The van der Waals surface area contributed by atoms with E-state index in [0.717, 1.165) is 17.2 Å². The zero-order chi connectivity index (χ0) is 10.5. The first kappa shape index (κ1) is 11.8.